The Morgan fingerprint density at radius 1 is 1.33 bits per heavy atom. The summed E-state index contributed by atoms with van der Waals surface area (Å²) in [6.45, 7) is -0.498. The number of halogens is 2. The normalized spacial score (nSPS) is 49.2. The second-order valence-electron chi connectivity index (χ2n) is 2.63. The summed E-state index contributed by atoms with van der Waals surface area (Å²) >= 11 is 1.66. The molecule has 0 amide bonds. The summed E-state index contributed by atoms with van der Waals surface area (Å²) in [4.78, 5) is 0. The van der Waals surface area contributed by atoms with Crippen LogP contribution < -0.4 is 0 Å². The predicted molar refractivity (Wildman–Crippen MR) is 46.7 cm³/mol. The predicted octanol–water partition coefficient (Wildman–Crippen LogP) is -0.802. The molecule has 1 rings (SSSR count). The molecule has 1 aliphatic rings. The van der Waals surface area contributed by atoms with E-state index in [1.807, 2.05) is 0 Å². The van der Waals surface area contributed by atoms with E-state index in [0.29, 0.717) is 0 Å². The molecule has 1 saturated heterocycles. The van der Waals surface area contributed by atoms with Crippen molar-refractivity contribution in [1.82, 2.24) is 0 Å². The number of rotatable bonds is 1. The Kier molecular flexibility index (Phi) is 3.65. The number of aliphatic hydroxyl groups excluding tert-OH is 3. The largest absolute Gasteiger partial charge is 0.394 e. The number of aliphatic hydroxyl groups is 3. The van der Waals surface area contributed by atoms with Gasteiger partial charge in [0.1, 0.15) is 12.2 Å². The molecular weight excluding hydrogens is 282 g/mol. The molecule has 1 unspecified atom stereocenters. The smallest absolute Gasteiger partial charge is 0.213 e. The maximum Gasteiger partial charge on any atom is 0.213 e. The zero-order chi connectivity index (χ0) is 9.30. The Balaban J connectivity index is 2.63. The number of alkyl halides is 2. The van der Waals surface area contributed by atoms with Crippen LogP contribution in [0.1, 0.15) is 0 Å². The van der Waals surface area contributed by atoms with E-state index >= 15 is 0 Å². The summed E-state index contributed by atoms with van der Waals surface area (Å²) in [5.41, 5.74) is 0. The second-order valence-corrected chi connectivity index (χ2v) is 4.07. The first-order valence-electron chi connectivity index (χ1n) is 3.48. The molecule has 0 aromatic rings. The summed E-state index contributed by atoms with van der Waals surface area (Å²) in [6.07, 6.45) is -5.07. The Bertz CT molecular complexity index is 154. The van der Waals surface area contributed by atoms with E-state index in [1.165, 1.54) is 0 Å². The average Bonchev–Trinajstić information content (AvgIpc) is 2.08. The molecule has 0 radical (unpaired) electrons. The van der Waals surface area contributed by atoms with Gasteiger partial charge in [-0.15, -0.1) is 0 Å². The monoisotopic (exact) mass is 292 g/mol. The van der Waals surface area contributed by atoms with Crippen LogP contribution in [0.5, 0.6) is 0 Å². The molecule has 1 fully saturated rings. The second kappa shape index (κ2) is 4.14. The van der Waals surface area contributed by atoms with E-state index in [0.717, 1.165) is 0 Å². The van der Waals surface area contributed by atoms with E-state index in [9.17, 15) is 14.6 Å². The van der Waals surface area contributed by atoms with Crippen molar-refractivity contribution in [3.05, 3.63) is 0 Å². The van der Waals surface area contributed by atoms with Gasteiger partial charge in [0.15, 0.2) is 0 Å². The molecule has 4 nitrogen and oxygen atoms in total. The highest BCUT2D eigenvalue weighted by Gasteiger charge is 2.42. The summed E-state index contributed by atoms with van der Waals surface area (Å²) in [7, 11) is 0. The van der Waals surface area contributed by atoms with E-state index in [1.54, 1.807) is 22.6 Å². The first-order chi connectivity index (χ1) is 5.57. The minimum Gasteiger partial charge on any atom is -0.394 e. The molecule has 0 aromatic heterocycles. The molecule has 0 aromatic carbocycles. The van der Waals surface area contributed by atoms with Gasteiger partial charge >= 0.3 is 0 Å². The van der Waals surface area contributed by atoms with Crippen molar-refractivity contribution in [3.63, 3.8) is 0 Å². The number of hydrogen-bond donors (Lipinski definition) is 3. The van der Waals surface area contributed by atoms with Crippen LogP contribution in [0.15, 0.2) is 0 Å². The van der Waals surface area contributed by atoms with Crippen LogP contribution in [0.4, 0.5) is 4.39 Å². The van der Waals surface area contributed by atoms with Crippen molar-refractivity contribution in [1.29, 1.82) is 0 Å². The van der Waals surface area contributed by atoms with Gasteiger partial charge in [0, 0.05) is 0 Å². The van der Waals surface area contributed by atoms with E-state index in [-0.39, 0.29) is 0 Å². The molecule has 0 bridgehead atoms. The van der Waals surface area contributed by atoms with Gasteiger partial charge in [0.05, 0.1) is 16.6 Å². The SMILES string of the molecule is OC[C@H]1OC(F)[C@H](I)[C@@H](O)[C@H]1O. The van der Waals surface area contributed by atoms with Crippen LogP contribution in [-0.2, 0) is 4.74 Å². The van der Waals surface area contributed by atoms with Gasteiger partial charge in [-0.25, -0.2) is 4.39 Å². The molecule has 0 aliphatic carbocycles. The lowest BCUT2D eigenvalue weighted by atomic mass is 10.0. The number of ether oxygens (including phenoxy) is 1. The molecule has 1 aliphatic heterocycles. The maximum absolute atomic E-state index is 12.8. The third-order valence-electron chi connectivity index (χ3n) is 1.79. The van der Waals surface area contributed by atoms with Crippen molar-refractivity contribution in [2.75, 3.05) is 6.61 Å². The first-order valence-corrected chi connectivity index (χ1v) is 4.73. The van der Waals surface area contributed by atoms with Crippen LogP contribution in [0.25, 0.3) is 0 Å². The lowest BCUT2D eigenvalue weighted by Gasteiger charge is -2.36. The fourth-order valence-corrected chi connectivity index (χ4v) is 1.63. The Hall–Kier alpha value is 0.500. The molecule has 0 saturated carbocycles. The first kappa shape index (κ1) is 10.6. The zero-order valence-corrected chi connectivity index (χ0v) is 8.26. The van der Waals surface area contributed by atoms with Gasteiger partial charge in [-0.05, 0) is 0 Å². The van der Waals surface area contributed by atoms with Gasteiger partial charge in [0.25, 0.3) is 0 Å². The molecule has 1 heterocycles. The lowest BCUT2D eigenvalue weighted by molar-refractivity contribution is -0.206. The molecule has 72 valence electrons. The number of hydrogen-bond acceptors (Lipinski definition) is 4. The fraction of sp³-hybridized carbons (Fsp3) is 1.00. The summed E-state index contributed by atoms with van der Waals surface area (Å²) in [5, 5.41) is 27.1. The van der Waals surface area contributed by atoms with Crippen molar-refractivity contribution >= 4 is 22.6 Å². The maximum atomic E-state index is 12.8. The van der Waals surface area contributed by atoms with Crippen LogP contribution in [0.3, 0.4) is 0 Å². The van der Waals surface area contributed by atoms with Gasteiger partial charge in [-0.3, -0.25) is 0 Å². The third-order valence-corrected chi connectivity index (χ3v) is 3.09. The highest BCUT2D eigenvalue weighted by molar-refractivity contribution is 14.1. The Morgan fingerprint density at radius 3 is 2.42 bits per heavy atom. The van der Waals surface area contributed by atoms with Gasteiger partial charge < -0.3 is 20.1 Å². The summed E-state index contributed by atoms with van der Waals surface area (Å²) < 4.78 is 16.6. The van der Waals surface area contributed by atoms with E-state index in [4.69, 9.17) is 5.11 Å². The van der Waals surface area contributed by atoms with Gasteiger partial charge in [-0.2, -0.15) is 0 Å². The molecule has 12 heavy (non-hydrogen) atoms. The molecule has 6 heteroatoms. The highest BCUT2D eigenvalue weighted by atomic mass is 127. The van der Waals surface area contributed by atoms with Crippen LogP contribution >= 0.6 is 22.6 Å². The van der Waals surface area contributed by atoms with Crippen LogP contribution in [-0.4, -0.2) is 50.5 Å². The van der Waals surface area contributed by atoms with E-state index < -0.39 is 35.2 Å². The van der Waals surface area contributed by atoms with Gasteiger partial charge in [-0.1, -0.05) is 22.6 Å². The van der Waals surface area contributed by atoms with Crippen molar-refractivity contribution in [2.24, 2.45) is 0 Å². The lowest BCUT2D eigenvalue weighted by Crippen LogP contribution is -2.55. The minimum atomic E-state index is -1.64. The van der Waals surface area contributed by atoms with Crippen molar-refractivity contribution in [2.45, 2.75) is 28.6 Å². The molecule has 3 N–H and O–H groups in total. The quantitative estimate of drug-likeness (QED) is 0.437. The third kappa shape index (κ3) is 1.87. The molecule has 5 atom stereocenters. The highest BCUT2D eigenvalue weighted by Crippen LogP contribution is 2.27. The standard InChI is InChI=1S/C6H10FIO4/c7-6-3(8)5(11)4(10)2(1-9)12-6/h2-6,9-11H,1H2/t2-,3-,4+,5-,6?/m1/s1. The van der Waals surface area contributed by atoms with Crippen LogP contribution in [0, 0.1) is 0 Å². The summed E-state index contributed by atoms with van der Waals surface area (Å²) in [6, 6.07) is 0. The Morgan fingerprint density at radius 2 is 1.92 bits per heavy atom. The average molecular weight is 292 g/mol. The van der Waals surface area contributed by atoms with E-state index in [2.05, 4.69) is 4.74 Å². The summed E-state index contributed by atoms with van der Waals surface area (Å²) in [5.74, 6) is 0. The Labute approximate surface area is 82.5 Å². The molecular formula is C6H10FIO4. The minimum absolute atomic E-state index is 0.498. The topological polar surface area (TPSA) is 69.9 Å². The van der Waals surface area contributed by atoms with Crippen molar-refractivity contribution in [3.8, 4) is 0 Å². The molecule has 0 spiro atoms. The van der Waals surface area contributed by atoms with Crippen molar-refractivity contribution < 1.29 is 24.4 Å². The fourth-order valence-electron chi connectivity index (χ4n) is 1.04. The van der Waals surface area contributed by atoms with Gasteiger partial charge in [0.2, 0.25) is 6.36 Å². The zero-order valence-electron chi connectivity index (χ0n) is 6.10. The van der Waals surface area contributed by atoms with Crippen LogP contribution in [0.2, 0.25) is 0 Å².